The molecule has 0 aliphatic rings. The molecule has 0 fully saturated rings. The predicted molar refractivity (Wildman–Crippen MR) is 142 cm³/mol. The van der Waals surface area contributed by atoms with Gasteiger partial charge in [0.25, 0.3) is 0 Å². The van der Waals surface area contributed by atoms with Crippen LogP contribution in [0.2, 0.25) is 36.3 Å². The van der Waals surface area contributed by atoms with Gasteiger partial charge in [-0.2, -0.15) is 0 Å². The lowest BCUT2D eigenvalue weighted by Crippen LogP contribution is -2.63. The lowest BCUT2D eigenvalue weighted by atomic mass is 10.2. The van der Waals surface area contributed by atoms with E-state index < -0.39 is 36.2 Å². The van der Waals surface area contributed by atoms with Crippen LogP contribution in [0, 0.1) is 0 Å². The van der Waals surface area contributed by atoms with Gasteiger partial charge in [-0.05, 0) is 58.6 Å². The molecule has 0 bridgehead atoms. The Morgan fingerprint density at radius 1 is 0.897 bits per heavy atom. The van der Waals surface area contributed by atoms with Crippen LogP contribution in [0.3, 0.4) is 0 Å². The van der Waals surface area contributed by atoms with Crippen LogP contribution in [0.5, 0.6) is 0 Å². The summed E-state index contributed by atoms with van der Waals surface area (Å²) in [6.45, 7) is 26.3. The van der Waals surface area contributed by atoms with Crippen LogP contribution >= 0.6 is 0 Å². The van der Waals surface area contributed by atoms with Crippen LogP contribution in [-0.4, -0.2) is 48.9 Å². The van der Waals surface area contributed by atoms with Crippen molar-refractivity contribution < 1.29 is 8.23 Å². The van der Waals surface area contributed by atoms with E-state index in [4.69, 9.17) is 8.23 Å². The van der Waals surface area contributed by atoms with Gasteiger partial charge in [-0.1, -0.05) is 66.7 Å². The molecule has 0 aliphatic heterocycles. The molecule has 1 aromatic rings. The Hall–Kier alpha value is -0.322. The van der Waals surface area contributed by atoms with Gasteiger partial charge in [-0.15, -0.1) is 0 Å². The fourth-order valence-electron chi connectivity index (χ4n) is 3.09. The van der Waals surface area contributed by atoms with Gasteiger partial charge >= 0.3 is 0 Å². The third-order valence-electron chi connectivity index (χ3n) is 4.66. The van der Waals surface area contributed by atoms with Crippen LogP contribution in [0.1, 0.15) is 60.5 Å². The minimum Gasteiger partial charge on any atom is -0.457 e. The molecule has 29 heavy (non-hydrogen) atoms. The average molecular weight is 468 g/mol. The molecule has 166 valence electrons. The Morgan fingerprint density at radius 2 is 1.41 bits per heavy atom. The fraction of sp³-hybridized carbons (Fsp3) is 0.682. The van der Waals surface area contributed by atoms with Gasteiger partial charge in [-0.3, -0.25) is 4.99 Å². The van der Waals surface area contributed by atoms with Crippen LogP contribution in [-0.2, 0) is 8.23 Å². The number of nitrogens with zero attached hydrogens (tertiary/aromatic N) is 1. The Labute approximate surface area is 187 Å². The predicted octanol–water partition coefficient (Wildman–Crippen LogP) is 3.98. The Kier molecular flexibility index (Phi) is 9.51. The summed E-state index contributed by atoms with van der Waals surface area (Å²) in [5, 5.41) is 3.44. The van der Waals surface area contributed by atoms with Crippen molar-refractivity contribution in [2.45, 2.75) is 91.2 Å². The first-order chi connectivity index (χ1) is 13.1. The van der Waals surface area contributed by atoms with E-state index in [1.807, 2.05) is 0 Å². The molecule has 0 spiro atoms. The maximum absolute atomic E-state index is 6.80. The van der Waals surface area contributed by atoms with Crippen LogP contribution in [0.15, 0.2) is 23.2 Å². The molecule has 0 aliphatic carbocycles. The summed E-state index contributed by atoms with van der Waals surface area (Å²) >= 11 is 0. The first-order valence-electron chi connectivity index (χ1n) is 11.0. The van der Waals surface area contributed by atoms with Crippen molar-refractivity contribution in [3.63, 3.8) is 0 Å². The van der Waals surface area contributed by atoms with E-state index in [2.05, 4.69) is 104 Å². The second-order valence-corrected chi connectivity index (χ2v) is 25.7. The van der Waals surface area contributed by atoms with Crippen molar-refractivity contribution in [3.05, 3.63) is 23.8 Å². The molecule has 0 saturated carbocycles. The van der Waals surface area contributed by atoms with Crippen molar-refractivity contribution in [1.82, 2.24) is 0 Å². The maximum atomic E-state index is 6.80. The van der Waals surface area contributed by atoms with Crippen molar-refractivity contribution in [3.8, 4) is 0 Å². The maximum Gasteiger partial charge on any atom is 0.206 e. The molecule has 1 rings (SSSR count). The zero-order valence-electron chi connectivity index (χ0n) is 20.9. The summed E-state index contributed by atoms with van der Waals surface area (Å²) in [6, 6.07) is 6.72. The van der Waals surface area contributed by atoms with Crippen LogP contribution in [0.4, 0.5) is 0 Å². The highest BCUT2D eigenvalue weighted by Crippen LogP contribution is 2.24. The van der Waals surface area contributed by atoms with Gasteiger partial charge in [0.2, 0.25) is 16.6 Å². The minimum absolute atomic E-state index is 0.290. The zero-order chi connectivity index (χ0) is 22.5. The van der Waals surface area contributed by atoms with E-state index in [0.29, 0.717) is 5.04 Å². The Morgan fingerprint density at radius 3 is 1.90 bits per heavy atom. The molecular formula is C22H45NO2Si4. The van der Waals surface area contributed by atoms with E-state index in [0.717, 1.165) is 13.0 Å². The van der Waals surface area contributed by atoms with Crippen molar-refractivity contribution in [2.24, 2.45) is 4.99 Å². The first kappa shape index (κ1) is 26.7. The minimum atomic E-state index is -2.08. The molecule has 0 unspecified atom stereocenters. The third-order valence-corrected chi connectivity index (χ3v) is 17.0. The fourth-order valence-corrected chi connectivity index (χ4v) is 15.3. The van der Waals surface area contributed by atoms with E-state index in [-0.39, 0.29) is 5.04 Å². The SMILES string of the molecule is CCCN=Cc1cccc([Si](C)(C)O[SiH2]C(C)(C)C)c1[Si](C)(C)O[SiH2]C(C)(C)C. The standard InChI is InChI=1S/C22H45NO2Si4/c1-12-16-23-17-18-14-13-15-19(28(8,9)24-26-21(2,3)4)20(18)29(10,11)25-27-22(5,6)7/h13-15,17H,12,16,26-27H2,1-11H3. The monoisotopic (exact) mass is 467 g/mol. The smallest absolute Gasteiger partial charge is 0.206 e. The summed E-state index contributed by atoms with van der Waals surface area (Å²) in [5.74, 6) is 0. The van der Waals surface area contributed by atoms with E-state index >= 15 is 0 Å². The normalized spacial score (nSPS) is 14.9. The van der Waals surface area contributed by atoms with Gasteiger partial charge in [-0.25, -0.2) is 0 Å². The molecule has 0 N–H and O–H groups in total. The molecule has 0 atom stereocenters. The average Bonchev–Trinajstić information content (AvgIpc) is 2.57. The molecule has 3 nitrogen and oxygen atoms in total. The van der Waals surface area contributed by atoms with E-state index in [1.54, 1.807) is 0 Å². The Balaban J connectivity index is 3.46. The van der Waals surface area contributed by atoms with Gasteiger partial charge in [0.1, 0.15) is 0 Å². The van der Waals surface area contributed by atoms with Gasteiger partial charge in [0, 0.05) is 12.8 Å². The molecular weight excluding hydrogens is 423 g/mol. The second kappa shape index (κ2) is 10.3. The molecule has 0 saturated heterocycles. The quantitative estimate of drug-likeness (QED) is 0.406. The Bertz CT molecular complexity index is 689. The van der Waals surface area contributed by atoms with Gasteiger partial charge < -0.3 is 8.23 Å². The first-order valence-corrected chi connectivity index (χ1v) is 19.4. The second-order valence-electron chi connectivity index (χ2n) is 11.5. The molecule has 0 amide bonds. The molecule has 1 aromatic carbocycles. The van der Waals surface area contributed by atoms with Gasteiger partial charge in [0.05, 0.1) is 0 Å². The van der Waals surface area contributed by atoms with E-state index in [9.17, 15) is 0 Å². The summed E-state index contributed by atoms with van der Waals surface area (Å²) in [7, 11) is -5.35. The lowest BCUT2D eigenvalue weighted by Gasteiger charge is -2.36. The largest absolute Gasteiger partial charge is 0.457 e. The third kappa shape index (κ3) is 9.14. The highest BCUT2D eigenvalue weighted by atomic mass is 28.4. The number of hydrogen-bond donors (Lipinski definition) is 0. The molecule has 0 heterocycles. The van der Waals surface area contributed by atoms with Crippen molar-refractivity contribution >= 4 is 52.7 Å². The number of hydrogen-bond acceptors (Lipinski definition) is 3. The summed E-state index contributed by atoms with van der Waals surface area (Å²) < 4.78 is 13.6. The molecule has 7 heteroatoms. The highest BCUT2D eigenvalue weighted by Gasteiger charge is 2.38. The lowest BCUT2D eigenvalue weighted by molar-refractivity contribution is 0.547. The molecule has 0 aromatic heterocycles. The van der Waals surface area contributed by atoms with Crippen molar-refractivity contribution in [1.29, 1.82) is 0 Å². The molecule has 0 radical (unpaired) electrons. The van der Waals surface area contributed by atoms with Crippen LogP contribution < -0.4 is 10.4 Å². The van der Waals surface area contributed by atoms with Gasteiger partial charge in [0.15, 0.2) is 19.5 Å². The number of aliphatic imine (C=N–C) groups is 1. The zero-order valence-corrected chi connectivity index (χ0v) is 25.7. The number of rotatable bonds is 9. The number of benzene rings is 1. The topological polar surface area (TPSA) is 30.8 Å². The van der Waals surface area contributed by atoms with Crippen LogP contribution in [0.25, 0.3) is 0 Å². The summed E-state index contributed by atoms with van der Waals surface area (Å²) in [5.41, 5.74) is 1.25. The summed E-state index contributed by atoms with van der Waals surface area (Å²) in [4.78, 5) is 4.69. The highest BCUT2D eigenvalue weighted by molar-refractivity contribution is 6.97. The summed E-state index contributed by atoms with van der Waals surface area (Å²) in [6.07, 6.45) is 3.16. The van der Waals surface area contributed by atoms with Crippen molar-refractivity contribution in [2.75, 3.05) is 6.54 Å². The van der Waals surface area contributed by atoms with E-state index in [1.165, 1.54) is 15.9 Å².